The molecule has 84 valence electrons. The summed E-state index contributed by atoms with van der Waals surface area (Å²) in [6.45, 7) is 7.10. The number of aryl methyl sites for hydroxylation is 1. The van der Waals surface area contributed by atoms with E-state index < -0.39 is 0 Å². The van der Waals surface area contributed by atoms with Crippen LogP contribution in [0.4, 0.5) is 0 Å². The fraction of sp³-hybridized carbons (Fsp3) is 0.600. The number of hydrogen-bond acceptors (Lipinski definition) is 4. The first-order valence-electron chi connectivity index (χ1n) is 5.06. The molecule has 0 bridgehead atoms. The predicted octanol–water partition coefficient (Wildman–Crippen LogP) is 1.24. The molecule has 5 heteroatoms. The van der Waals surface area contributed by atoms with E-state index in [2.05, 4.69) is 15.6 Å². The molecule has 0 saturated heterocycles. The number of carbonyl (C=O) groups excluding carboxylic acids is 1. The minimum Gasteiger partial charge on any atom is -0.346 e. The van der Waals surface area contributed by atoms with E-state index in [0.29, 0.717) is 6.54 Å². The summed E-state index contributed by atoms with van der Waals surface area (Å²) in [5.74, 6) is 0.0113. The van der Waals surface area contributed by atoms with Crippen LogP contribution in [-0.2, 0) is 4.79 Å². The molecule has 0 fully saturated rings. The summed E-state index contributed by atoms with van der Waals surface area (Å²) in [6, 6.07) is -0.00476. The van der Waals surface area contributed by atoms with Crippen LogP contribution in [-0.4, -0.2) is 24.0 Å². The number of aromatic nitrogens is 1. The number of thiazole rings is 1. The number of hydrogen-bond donors (Lipinski definition) is 2. The van der Waals surface area contributed by atoms with Gasteiger partial charge in [0, 0.05) is 11.1 Å². The summed E-state index contributed by atoms with van der Waals surface area (Å²) in [6.07, 6.45) is 1.83. The fourth-order valence-electron chi connectivity index (χ4n) is 1.17. The standard InChI is InChI=1S/C10H17N3OS/c1-4-11-6-9(14)13-8(3)10-12-5-7(2)15-10/h5,8,11H,4,6H2,1-3H3,(H,13,14). The Morgan fingerprint density at radius 2 is 2.40 bits per heavy atom. The highest BCUT2D eigenvalue weighted by Gasteiger charge is 2.11. The predicted molar refractivity (Wildman–Crippen MR) is 62.0 cm³/mol. The monoisotopic (exact) mass is 227 g/mol. The van der Waals surface area contributed by atoms with Crippen LogP contribution in [0.5, 0.6) is 0 Å². The van der Waals surface area contributed by atoms with Gasteiger partial charge in [0.05, 0.1) is 12.6 Å². The molecule has 1 atom stereocenters. The van der Waals surface area contributed by atoms with Gasteiger partial charge in [-0.15, -0.1) is 11.3 Å². The van der Waals surface area contributed by atoms with Crippen molar-refractivity contribution in [2.75, 3.05) is 13.1 Å². The molecule has 0 saturated carbocycles. The molecule has 4 nitrogen and oxygen atoms in total. The first-order chi connectivity index (χ1) is 7.13. The van der Waals surface area contributed by atoms with E-state index in [9.17, 15) is 4.79 Å². The molecule has 0 radical (unpaired) electrons. The number of nitrogens with zero attached hydrogens (tertiary/aromatic N) is 1. The lowest BCUT2D eigenvalue weighted by Gasteiger charge is -2.11. The van der Waals surface area contributed by atoms with Gasteiger partial charge < -0.3 is 10.6 Å². The van der Waals surface area contributed by atoms with E-state index in [1.165, 1.54) is 0 Å². The van der Waals surface area contributed by atoms with Crippen LogP contribution in [0.3, 0.4) is 0 Å². The third kappa shape index (κ3) is 3.97. The molecule has 0 aliphatic heterocycles. The summed E-state index contributed by atoms with van der Waals surface area (Å²) in [5, 5.41) is 6.83. The minimum atomic E-state index is -0.00476. The lowest BCUT2D eigenvalue weighted by atomic mass is 10.3. The largest absolute Gasteiger partial charge is 0.346 e. The van der Waals surface area contributed by atoms with E-state index in [4.69, 9.17) is 0 Å². The molecule has 0 aromatic carbocycles. The van der Waals surface area contributed by atoms with Gasteiger partial charge in [0.1, 0.15) is 5.01 Å². The number of rotatable bonds is 5. The average molecular weight is 227 g/mol. The maximum absolute atomic E-state index is 11.4. The van der Waals surface area contributed by atoms with Crippen molar-refractivity contribution in [3.63, 3.8) is 0 Å². The maximum atomic E-state index is 11.4. The van der Waals surface area contributed by atoms with Gasteiger partial charge in [-0.1, -0.05) is 6.92 Å². The molecule has 1 aromatic heterocycles. The number of amides is 1. The van der Waals surface area contributed by atoms with Gasteiger partial charge in [-0.3, -0.25) is 4.79 Å². The smallest absolute Gasteiger partial charge is 0.234 e. The molecule has 1 heterocycles. The van der Waals surface area contributed by atoms with Crippen molar-refractivity contribution in [3.05, 3.63) is 16.1 Å². The minimum absolute atomic E-state index is 0.00476. The zero-order chi connectivity index (χ0) is 11.3. The molecule has 2 N–H and O–H groups in total. The van der Waals surface area contributed by atoms with Crippen LogP contribution in [0.1, 0.15) is 29.8 Å². The normalized spacial score (nSPS) is 12.5. The summed E-state index contributed by atoms with van der Waals surface area (Å²) in [4.78, 5) is 16.8. The van der Waals surface area contributed by atoms with Crippen molar-refractivity contribution in [2.45, 2.75) is 26.8 Å². The molecule has 15 heavy (non-hydrogen) atoms. The van der Waals surface area contributed by atoms with E-state index in [1.807, 2.05) is 27.0 Å². The highest BCUT2D eigenvalue weighted by atomic mass is 32.1. The van der Waals surface area contributed by atoms with Gasteiger partial charge in [-0.05, 0) is 20.4 Å². The Morgan fingerprint density at radius 1 is 1.67 bits per heavy atom. The zero-order valence-corrected chi connectivity index (χ0v) is 10.1. The zero-order valence-electron chi connectivity index (χ0n) is 9.33. The molecular formula is C10H17N3OS. The number of carbonyl (C=O) groups is 1. The van der Waals surface area contributed by atoms with Gasteiger partial charge in [0.25, 0.3) is 0 Å². The lowest BCUT2D eigenvalue weighted by molar-refractivity contribution is -0.120. The van der Waals surface area contributed by atoms with Crippen molar-refractivity contribution < 1.29 is 4.79 Å². The van der Waals surface area contributed by atoms with Crippen LogP contribution < -0.4 is 10.6 Å². The first kappa shape index (κ1) is 12.1. The Morgan fingerprint density at radius 3 is 2.93 bits per heavy atom. The first-order valence-corrected chi connectivity index (χ1v) is 5.87. The Labute approximate surface area is 94.1 Å². The Kier molecular flexibility index (Phi) is 4.71. The van der Waals surface area contributed by atoms with Crippen LogP contribution >= 0.6 is 11.3 Å². The average Bonchev–Trinajstić information content (AvgIpc) is 2.61. The van der Waals surface area contributed by atoms with Gasteiger partial charge in [0.2, 0.25) is 5.91 Å². The Bertz CT molecular complexity index is 324. The quantitative estimate of drug-likeness (QED) is 0.795. The van der Waals surface area contributed by atoms with E-state index in [0.717, 1.165) is 16.4 Å². The van der Waals surface area contributed by atoms with E-state index in [-0.39, 0.29) is 11.9 Å². The lowest BCUT2D eigenvalue weighted by Crippen LogP contribution is -2.35. The highest BCUT2D eigenvalue weighted by Crippen LogP contribution is 2.18. The molecule has 0 aliphatic rings. The highest BCUT2D eigenvalue weighted by molar-refractivity contribution is 7.11. The molecule has 0 aliphatic carbocycles. The summed E-state index contributed by atoms with van der Waals surface area (Å²) < 4.78 is 0. The topological polar surface area (TPSA) is 54.0 Å². The van der Waals surface area contributed by atoms with Crippen molar-refractivity contribution in [2.24, 2.45) is 0 Å². The van der Waals surface area contributed by atoms with Crippen LogP contribution in [0, 0.1) is 6.92 Å². The van der Waals surface area contributed by atoms with Gasteiger partial charge in [-0.2, -0.15) is 0 Å². The van der Waals surface area contributed by atoms with Crippen molar-refractivity contribution in [1.82, 2.24) is 15.6 Å². The van der Waals surface area contributed by atoms with Crippen LogP contribution in [0.15, 0.2) is 6.20 Å². The van der Waals surface area contributed by atoms with Gasteiger partial charge in [0.15, 0.2) is 0 Å². The SMILES string of the molecule is CCNCC(=O)NC(C)c1ncc(C)s1. The van der Waals surface area contributed by atoms with E-state index >= 15 is 0 Å². The maximum Gasteiger partial charge on any atom is 0.234 e. The second-order valence-corrected chi connectivity index (χ2v) is 4.65. The molecule has 0 spiro atoms. The molecule has 1 aromatic rings. The molecule has 1 amide bonds. The van der Waals surface area contributed by atoms with Crippen molar-refractivity contribution >= 4 is 17.2 Å². The summed E-state index contributed by atoms with van der Waals surface area (Å²) in [5.41, 5.74) is 0. The molecular weight excluding hydrogens is 210 g/mol. The fourth-order valence-corrected chi connectivity index (χ4v) is 1.94. The Hall–Kier alpha value is -0.940. The van der Waals surface area contributed by atoms with Crippen molar-refractivity contribution in [3.8, 4) is 0 Å². The number of nitrogens with one attached hydrogen (secondary N) is 2. The third-order valence-electron chi connectivity index (χ3n) is 1.92. The van der Waals surface area contributed by atoms with Crippen LogP contribution in [0.25, 0.3) is 0 Å². The van der Waals surface area contributed by atoms with Gasteiger partial charge in [-0.25, -0.2) is 4.98 Å². The summed E-state index contributed by atoms with van der Waals surface area (Å²) in [7, 11) is 0. The Balaban J connectivity index is 2.41. The molecule has 1 unspecified atom stereocenters. The van der Waals surface area contributed by atoms with Gasteiger partial charge >= 0.3 is 0 Å². The second-order valence-electron chi connectivity index (χ2n) is 3.38. The molecule has 1 rings (SSSR count). The van der Waals surface area contributed by atoms with E-state index in [1.54, 1.807) is 11.3 Å². The second kappa shape index (κ2) is 5.82. The van der Waals surface area contributed by atoms with Crippen LogP contribution in [0.2, 0.25) is 0 Å². The van der Waals surface area contributed by atoms with Crippen molar-refractivity contribution in [1.29, 1.82) is 0 Å². The number of likely N-dealkylation sites (N-methyl/N-ethyl adjacent to an activating group) is 1. The third-order valence-corrected chi connectivity index (χ3v) is 3.02. The summed E-state index contributed by atoms with van der Waals surface area (Å²) >= 11 is 1.62.